The molecule has 1 heterocycles. The quantitative estimate of drug-likeness (QED) is 0.601. The van der Waals surface area contributed by atoms with Crippen LogP contribution >= 0.6 is 0 Å². The first-order valence-electron chi connectivity index (χ1n) is 3.67. The summed E-state index contributed by atoms with van der Waals surface area (Å²) < 4.78 is 0. The van der Waals surface area contributed by atoms with E-state index < -0.39 is 0 Å². The van der Waals surface area contributed by atoms with Crippen LogP contribution in [0.1, 0.15) is 19.7 Å². The Kier molecular flexibility index (Phi) is 2.72. The van der Waals surface area contributed by atoms with Crippen molar-refractivity contribution in [2.24, 2.45) is 4.99 Å². The van der Waals surface area contributed by atoms with Crippen LogP contribution in [0.5, 0.6) is 0 Å². The van der Waals surface area contributed by atoms with E-state index in [1.54, 1.807) is 18.5 Å². The van der Waals surface area contributed by atoms with Crippen molar-refractivity contribution in [2.45, 2.75) is 20.3 Å². The van der Waals surface area contributed by atoms with Crippen molar-refractivity contribution in [1.82, 2.24) is 9.97 Å². The summed E-state index contributed by atoms with van der Waals surface area (Å²) in [5.74, 6) is 1.58. The van der Waals surface area contributed by atoms with Gasteiger partial charge in [0.25, 0.3) is 0 Å². The Morgan fingerprint density at radius 1 is 1.64 bits per heavy atom. The second kappa shape index (κ2) is 3.81. The lowest BCUT2D eigenvalue weighted by molar-refractivity contribution is 0.938. The fourth-order valence-corrected chi connectivity index (χ4v) is 0.763. The second-order valence-corrected chi connectivity index (χ2v) is 2.07. The average Bonchev–Trinajstić information content (AvgIpc) is 2.06. The first kappa shape index (κ1) is 7.85. The van der Waals surface area contributed by atoms with E-state index in [4.69, 9.17) is 0 Å². The number of rotatable bonds is 2. The van der Waals surface area contributed by atoms with Crippen molar-refractivity contribution < 1.29 is 0 Å². The summed E-state index contributed by atoms with van der Waals surface area (Å²) in [5, 5.41) is 0. The summed E-state index contributed by atoms with van der Waals surface area (Å²) in [7, 11) is 0. The molecular weight excluding hydrogens is 138 g/mol. The smallest absolute Gasteiger partial charge is 0.155 e. The van der Waals surface area contributed by atoms with E-state index in [-0.39, 0.29) is 0 Å². The Balaban J connectivity index is 2.91. The van der Waals surface area contributed by atoms with Gasteiger partial charge in [-0.2, -0.15) is 0 Å². The molecule has 3 heteroatoms. The zero-order chi connectivity index (χ0) is 8.10. The van der Waals surface area contributed by atoms with Gasteiger partial charge < -0.3 is 0 Å². The average molecular weight is 149 g/mol. The molecule has 0 spiro atoms. The van der Waals surface area contributed by atoms with Crippen LogP contribution in [0.15, 0.2) is 17.3 Å². The molecule has 0 N–H and O–H groups in total. The standard InChI is InChI=1S/C8H11N3/c1-3-7-10-6-5-8(11-7)9-4-2/h4-6H,3H2,1-2H3. The normalized spacial score (nSPS) is 10.7. The molecule has 0 fully saturated rings. The molecule has 0 aliphatic heterocycles. The highest BCUT2D eigenvalue weighted by Crippen LogP contribution is 2.05. The van der Waals surface area contributed by atoms with Gasteiger partial charge in [-0.15, -0.1) is 0 Å². The molecule has 1 aromatic heterocycles. The predicted molar refractivity (Wildman–Crippen MR) is 45.2 cm³/mol. The minimum atomic E-state index is 0.736. The van der Waals surface area contributed by atoms with Crippen LogP contribution < -0.4 is 0 Å². The maximum Gasteiger partial charge on any atom is 0.155 e. The van der Waals surface area contributed by atoms with E-state index in [0.717, 1.165) is 18.1 Å². The van der Waals surface area contributed by atoms with Gasteiger partial charge in [-0.3, -0.25) is 0 Å². The van der Waals surface area contributed by atoms with Crippen molar-refractivity contribution in [3.63, 3.8) is 0 Å². The van der Waals surface area contributed by atoms with E-state index in [9.17, 15) is 0 Å². The minimum Gasteiger partial charge on any atom is -0.242 e. The molecule has 1 rings (SSSR count). The van der Waals surface area contributed by atoms with Gasteiger partial charge >= 0.3 is 0 Å². The molecule has 11 heavy (non-hydrogen) atoms. The van der Waals surface area contributed by atoms with Gasteiger partial charge in [0, 0.05) is 24.9 Å². The van der Waals surface area contributed by atoms with Crippen molar-refractivity contribution in [1.29, 1.82) is 0 Å². The Morgan fingerprint density at radius 3 is 3.09 bits per heavy atom. The van der Waals surface area contributed by atoms with Crippen LogP contribution in [0.3, 0.4) is 0 Å². The molecule has 58 valence electrons. The summed E-state index contributed by atoms with van der Waals surface area (Å²) in [6, 6.07) is 1.79. The van der Waals surface area contributed by atoms with Crippen molar-refractivity contribution in [3.05, 3.63) is 18.1 Å². The van der Waals surface area contributed by atoms with Gasteiger partial charge in [-0.1, -0.05) is 6.92 Å². The number of aromatic nitrogens is 2. The highest BCUT2D eigenvalue weighted by molar-refractivity contribution is 5.58. The van der Waals surface area contributed by atoms with Crippen LogP contribution in [0, 0.1) is 0 Å². The second-order valence-electron chi connectivity index (χ2n) is 2.07. The summed E-state index contributed by atoms with van der Waals surface area (Å²) in [4.78, 5) is 12.3. The van der Waals surface area contributed by atoms with Gasteiger partial charge in [0.05, 0.1) is 0 Å². The molecule has 0 amide bonds. The Bertz CT molecular complexity index is 255. The lowest BCUT2D eigenvalue weighted by Gasteiger charge is -1.94. The van der Waals surface area contributed by atoms with E-state index in [2.05, 4.69) is 15.0 Å². The van der Waals surface area contributed by atoms with Gasteiger partial charge in [-0.05, 0) is 6.92 Å². The first-order chi connectivity index (χ1) is 5.36. The van der Waals surface area contributed by atoms with Crippen molar-refractivity contribution >= 4 is 12.0 Å². The fraction of sp³-hybridized carbons (Fsp3) is 0.375. The van der Waals surface area contributed by atoms with Crippen LogP contribution in [0.2, 0.25) is 0 Å². The topological polar surface area (TPSA) is 38.1 Å². The maximum atomic E-state index is 4.17. The fourth-order valence-electron chi connectivity index (χ4n) is 0.763. The van der Waals surface area contributed by atoms with Crippen molar-refractivity contribution in [3.8, 4) is 0 Å². The first-order valence-corrected chi connectivity index (χ1v) is 3.67. The molecule has 0 unspecified atom stereocenters. The summed E-state index contributed by atoms with van der Waals surface area (Å²) in [6.07, 6.45) is 4.31. The number of aryl methyl sites for hydroxylation is 1. The van der Waals surface area contributed by atoms with Crippen LogP contribution in [0.25, 0.3) is 0 Å². The zero-order valence-electron chi connectivity index (χ0n) is 6.78. The molecule has 0 aromatic carbocycles. The monoisotopic (exact) mass is 149 g/mol. The molecule has 0 saturated heterocycles. The highest BCUT2D eigenvalue weighted by Gasteiger charge is 1.92. The Hall–Kier alpha value is -1.25. The number of aliphatic imine (C=N–C) groups is 1. The molecule has 0 saturated carbocycles. The van der Waals surface area contributed by atoms with Crippen molar-refractivity contribution in [2.75, 3.05) is 0 Å². The molecule has 3 nitrogen and oxygen atoms in total. The van der Waals surface area contributed by atoms with E-state index in [1.165, 1.54) is 0 Å². The molecule has 0 aliphatic carbocycles. The van der Waals surface area contributed by atoms with Gasteiger partial charge in [0.2, 0.25) is 0 Å². The van der Waals surface area contributed by atoms with Gasteiger partial charge in [0.15, 0.2) is 5.82 Å². The van der Waals surface area contributed by atoms with Crippen LogP contribution in [0.4, 0.5) is 5.82 Å². The third-order valence-corrected chi connectivity index (χ3v) is 1.27. The molecule has 0 bridgehead atoms. The third kappa shape index (κ3) is 2.11. The highest BCUT2D eigenvalue weighted by atomic mass is 15.0. The van der Waals surface area contributed by atoms with Crippen LogP contribution in [-0.4, -0.2) is 16.2 Å². The van der Waals surface area contributed by atoms with Crippen LogP contribution in [-0.2, 0) is 6.42 Å². The summed E-state index contributed by atoms with van der Waals surface area (Å²) in [5.41, 5.74) is 0. The lowest BCUT2D eigenvalue weighted by Crippen LogP contribution is -1.89. The van der Waals surface area contributed by atoms with Gasteiger partial charge in [0.1, 0.15) is 5.82 Å². The summed E-state index contributed by atoms with van der Waals surface area (Å²) >= 11 is 0. The maximum absolute atomic E-state index is 4.17. The number of hydrogen-bond donors (Lipinski definition) is 0. The Labute approximate surface area is 66.2 Å². The SMILES string of the molecule is CC=Nc1ccnc(CC)n1. The molecular formula is C8H11N3. The molecule has 0 atom stereocenters. The predicted octanol–water partition coefficient (Wildman–Crippen LogP) is 1.76. The Morgan fingerprint density at radius 2 is 2.45 bits per heavy atom. The number of hydrogen-bond acceptors (Lipinski definition) is 3. The lowest BCUT2D eigenvalue weighted by atomic mass is 10.4. The third-order valence-electron chi connectivity index (χ3n) is 1.27. The molecule has 0 radical (unpaired) electrons. The van der Waals surface area contributed by atoms with E-state index in [0.29, 0.717) is 0 Å². The molecule has 1 aromatic rings. The molecule has 0 aliphatic rings. The van der Waals surface area contributed by atoms with Gasteiger partial charge in [-0.25, -0.2) is 15.0 Å². The minimum absolute atomic E-state index is 0.736. The van der Waals surface area contributed by atoms with E-state index >= 15 is 0 Å². The van der Waals surface area contributed by atoms with E-state index in [1.807, 2.05) is 13.8 Å². The largest absolute Gasteiger partial charge is 0.242 e. The zero-order valence-corrected chi connectivity index (χ0v) is 6.78. The number of nitrogens with zero attached hydrogens (tertiary/aromatic N) is 3. The summed E-state index contributed by atoms with van der Waals surface area (Å²) in [6.45, 7) is 3.89.